The van der Waals surface area contributed by atoms with Crippen LogP contribution in [0.15, 0.2) is 36.6 Å². The molecule has 0 amide bonds. The van der Waals surface area contributed by atoms with Crippen LogP contribution in [-0.2, 0) is 4.65 Å². The molecule has 1 rings (SSSR count). The second-order valence-electron chi connectivity index (χ2n) is 2.18. The van der Waals surface area contributed by atoms with Crippen LogP contribution < -0.4 is 0 Å². The topological polar surface area (TPSA) is 49.7 Å². The first kappa shape index (κ1) is 12.3. The molecule has 0 aliphatic rings. The molecule has 0 fully saturated rings. The van der Waals surface area contributed by atoms with Gasteiger partial charge in [0.05, 0.1) is 6.26 Å². The van der Waals surface area contributed by atoms with Crippen molar-refractivity contribution in [1.29, 1.82) is 0 Å². The Morgan fingerprint density at radius 2 is 1.77 bits per heavy atom. The molecule has 0 aliphatic heterocycles. The first-order valence-electron chi connectivity index (χ1n) is 3.52. The van der Waals surface area contributed by atoms with Gasteiger partial charge in [0.1, 0.15) is 0 Å². The third-order valence-corrected chi connectivity index (χ3v) is 1.26. The summed E-state index contributed by atoms with van der Waals surface area (Å²) in [6.45, 7) is 0. The maximum atomic E-state index is 8.31. The molecule has 3 nitrogen and oxygen atoms in total. The van der Waals surface area contributed by atoms with E-state index in [9.17, 15) is 0 Å². The van der Waals surface area contributed by atoms with Crippen LogP contribution in [-0.4, -0.2) is 36.2 Å². The Balaban J connectivity index is 0.00000144. The van der Waals surface area contributed by atoms with Crippen molar-refractivity contribution in [1.82, 2.24) is 0 Å². The molecule has 0 heterocycles. The Bertz CT molecular complexity index is 251. The Morgan fingerprint density at radius 1 is 1.15 bits per heavy atom. The molecule has 0 spiro atoms. The predicted molar refractivity (Wildman–Crippen MR) is 53.9 cm³/mol. The van der Waals surface area contributed by atoms with Crippen LogP contribution in [0.1, 0.15) is 5.56 Å². The Labute approximate surface area is 89.4 Å². The van der Waals surface area contributed by atoms with E-state index in [2.05, 4.69) is 4.65 Å². The van der Waals surface area contributed by atoms with Gasteiger partial charge in [0, 0.05) is 0 Å². The van der Waals surface area contributed by atoms with Gasteiger partial charge in [-0.15, -0.1) is 0 Å². The summed E-state index contributed by atoms with van der Waals surface area (Å²) in [6.07, 6.45) is 2.87. The molecule has 2 N–H and O–H groups in total. The van der Waals surface area contributed by atoms with Gasteiger partial charge in [-0.2, -0.15) is 0 Å². The standard InChI is InChI=1S/C8H9BO3.Li.H/c10-9(11)12-7-6-8-4-2-1-3-5-8;;/h1-7,10-11H;;. The molecule has 5 heteroatoms. The number of benzene rings is 1. The monoisotopic (exact) mass is 172 g/mol. The van der Waals surface area contributed by atoms with E-state index < -0.39 is 7.32 Å². The van der Waals surface area contributed by atoms with Gasteiger partial charge in [-0.1, -0.05) is 30.3 Å². The van der Waals surface area contributed by atoms with E-state index in [0.717, 1.165) is 5.56 Å². The van der Waals surface area contributed by atoms with Gasteiger partial charge in [-0.05, 0) is 11.6 Å². The SMILES string of the molecule is OB(O)OC=Cc1ccccc1.[LiH]. The minimum atomic E-state index is -1.75. The molecule has 13 heavy (non-hydrogen) atoms. The van der Waals surface area contributed by atoms with E-state index in [0.29, 0.717) is 0 Å². The van der Waals surface area contributed by atoms with Crippen LogP contribution in [0.4, 0.5) is 0 Å². The molecular weight excluding hydrogens is 162 g/mol. The Kier molecular flexibility index (Phi) is 6.47. The van der Waals surface area contributed by atoms with Crippen molar-refractivity contribution < 1.29 is 14.7 Å². The molecule has 0 radical (unpaired) electrons. The van der Waals surface area contributed by atoms with Crippen LogP contribution in [0.3, 0.4) is 0 Å². The van der Waals surface area contributed by atoms with E-state index in [-0.39, 0.29) is 18.9 Å². The fourth-order valence-electron chi connectivity index (χ4n) is 0.752. The van der Waals surface area contributed by atoms with Crippen LogP contribution in [0.5, 0.6) is 0 Å². The van der Waals surface area contributed by atoms with E-state index in [4.69, 9.17) is 10.0 Å². The van der Waals surface area contributed by atoms with Crippen molar-refractivity contribution in [3.05, 3.63) is 42.2 Å². The molecule has 0 saturated carbocycles. The van der Waals surface area contributed by atoms with E-state index >= 15 is 0 Å². The molecule has 0 aromatic heterocycles. The summed E-state index contributed by atoms with van der Waals surface area (Å²) in [5.74, 6) is 0. The average Bonchev–Trinajstić information content (AvgIpc) is 2.05. The summed E-state index contributed by atoms with van der Waals surface area (Å²) in [6, 6.07) is 9.43. The normalized spacial score (nSPS) is 9.38. The first-order valence-corrected chi connectivity index (χ1v) is 3.52. The minimum absolute atomic E-state index is 0. The van der Waals surface area contributed by atoms with Gasteiger partial charge in [0.15, 0.2) is 0 Å². The number of rotatable bonds is 3. The van der Waals surface area contributed by atoms with Crippen molar-refractivity contribution in [3.63, 3.8) is 0 Å². The third-order valence-electron chi connectivity index (χ3n) is 1.26. The summed E-state index contributed by atoms with van der Waals surface area (Å²) in [5.41, 5.74) is 0.943. The van der Waals surface area contributed by atoms with Crippen LogP contribution >= 0.6 is 0 Å². The summed E-state index contributed by atoms with van der Waals surface area (Å²) in [4.78, 5) is 0. The van der Waals surface area contributed by atoms with Gasteiger partial charge in [-0.3, -0.25) is 0 Å². The van der Waals surface area contributed by atoms with Gasteiger partial charge >= 0.3 is 26.2 Å². The van der Waals surface area contributed by atoms with Gasteiger partial charge in [0.2, 0.25) is 0 Å². The molecule has 0 bridgehead atoms. The number of hydrogen-bond acceptors (Lipinski definition) is 3. The zero-order chi connectivity index (χ0) is 8.81. The van der Waals surface area contributed by atoms with Crippen molar-refractivity contribution in [2.24, 2.45) is 0 Å². The fraction of sp³-hybridized carbons (Fsp3) is 0. The van der Waals surface area contributed by atoms with Crippen molar-refractivity contribution in [3.8, 4) is 0 Å². The zero-order valence-electron chi connectivity index (χ0n) is 6.42. The van der Waals surface area contributed by atoms with Crippen LogP contribution in [0.25, 0.3) is 6.08 Å². The van der Waals surface area contributed by atoms with E-state index in [1.807, 2.05) is 30.3 Å². The number of hydrogen-bond donors (Lipinski definition) is 2. The van der Waals surface area contributed by atoms with Crippen molar-refractivity contribution in [2.75, 3.05) is 0 Å². The van der Waals surface area contributed by atoms with Crippen LogP contribution in [0.2, 0.25) is 0 Å². The van der Waals surface area contributed by atoms with Gasteiger partial charge in [-0.25, -0.2) is 0 Å². The summed E-state index contributed by atoms with van der Waals surface area (Å²) < 4.78 is 4.38. The Morgan fingerprint density at radius 3 is 2.31 bits per heavy atom. The third kappa shape index (κ3) is 5.56. The second kappa shape index (κ2) is 6.82. The molecule has 0 aliphatic carbocycles. The summed E-state index contributed by atoms with van der Waals surface area (Å²) >= 11 is 0. The van der Waals surface area contributed by atoms with Crippen LogP contribution in [0, 0.1) is 0 Å². The quantitative estimate of drug-likeness (QED) is 0.498. The molecule has 1 aromatic rings. The van der Waals surface area contributed by atoms with Crippen molar-refractivity contribution >= 4 is 32.3 Å². The van der Waals surface area contributed by atoms with E-state index in [1.165, 1.54) is 6.26 Å². The van der Waals surface area contributed by atoms with Gasteiger partial charge < -0.3 is 14.7 Å². The maximum absolute atomic E-state index is 8.31. The van der Waals surface area contributed by atoms with Gasteiger partial charge in [0.25, 0.3) is 0 Å². The summed E-state index contributed by atoms with van der Waals surface area (Å²) in [5, 5.41) is 16.6. The molecule has 1 aromatic carbocycles. The molecule has 64 valence electrons. The molecule has 0 unspecified atom stereocenters. The molecule has 0 atom stereocenters. The Hall–Kier alpha value is -0.658. The van der Waals surface area contributed by atoms with E-state index in [1.54, 1.807) is 6.08 Å². The van der Waals surface area contributed by atoms with Crippen molar-refractivity contribution in [2.45, 2.75) is 0 Å². The molecule has 0 saturated heterocycles. The molecular formula is C8H10BLiO3. The average molecular weight is 172 g/mol. The zero-order valence-corrected chi connectivity index (χ0v) is 6.42. The fourth-order valence-corrected chi connectivity index (χ4v) is 0.752. The first-order chi connectivity index (χ1) is 5.79. The predicted octanol–water partition coefficient (Wildman–Crippen LogP) is -0.00510. The second-order valence-corrected chi connectivity index (χ2v) is 2.18. The summed E-state index contributed by atoms with van der Waals surface area (Å²) in [7, 11) is -1.75.